The number of hydrogen-bond donors (Lipinski definition) is 1. The van der Waals surface area contributed by atoms with Crippen LogP contribution < -0.4 is 10.5 Å². The van der Waals surface area contributed by atoms with E-state index in [0.29, 0.717) is 24.5 Å². The third kappa shape index (κ3) is 3.38. The zero-order valence-electron chi connectivity index (χ0n) is 11.0. The third-order valence-corrected chi connectivity index (χ3v) is 2.73. The van der Waals surface area contributed by atoms with E-state index in [0.717, 1.165) is 11.1 Å². The molecule has 2 aromatic carbocycles. The molecule has 3 nitrogen and oxygen atoms in total. The highest BCUT2D eigenvalue weighted by molar-refractivity contribution is 5.44. The fourth-order valence-electron chi connectivity index (χ4n) is 1.75. The molecule has 3 heteroatoms. The molecule has 0 saturated carbocycles. The predicted octanol–water partition coefficient (Wildman–Crippen LogP) is 2.45. The Labute approximate surface area is 118 Å². The Balaban J connectivity index is 2.17. The molecule has 0 aromatic heterocycles. The largest absolute Gasteiger partial charge is 0.487 e. The van der Waals surface area contributed by atoms with Crippen molar-refractivity contribution in [2.75, 3.05) is 6.54 Å². The van der Waals surface area contributed by atoms with Gasteiger partial charge in [0.05, 0.1) is 12.1 Å². The lowest BCUT2D eigenvalue weighted by molar-refractivity contribution is 0.305. The first-order valence-electron chi connectivity index (χ1n) is 6.24. The minimum Gasteiger partial charge on any atom is -0.487 e. The van der Waals surface area contributed by atoms with Gasteiger partial charge in [0.15, 0.2) is 0 Å². The first kappa shape index (κ1) is 13.7. The van der Waals surface area contributed by atoms with Crippen molar-refractivity contribution in [3.8, 4) is 23.7 Å². The van der Waals surface area contributed by atoms with Crippen LogP contribution in [0.15, 0.2) is 48.5 Å². The number of benzene rings is 2. The highest BCUT2D eigenvalue weighted by atomic mass is 16.5. The monoisotopic (exact) mass is 262 g/mol. The van der Waals surface area contributed by atoms with Crippen LogP contribution in [0.5, 0.6) is 5.75 Å². The van der Waals surface area contributed by atoms with E-state index >= 15 is 0 Å². The molecule has 0 aliphatic carbocycles. The molecule has 0 saturated heterocycles. The van der Waals surface area contributed by atoms with Crippen molar-refractivity contribution in [2.24, 2.45) is 5.73 Å². The standard InChI is InChI=1S/C17H14N2O/c18-11-5-9-14-6-1-2-8-16(14)13-20-17-10-4-3-7-15(17)12-19/h1-4,6-8,10H,11,13,18H2. The van der Waals surface area contributed by atoms with Crippen LogP contribution in [0.25, 0.3) is 0 Å². The molecule has 0 radical (unpaired) electrons. The van der Waals surface area contributed by atoms with E-state index in [2.05, 4.69) is 17.9 Å². The van der Waals surface area contributed by atoms with Crippen molar-refractivity contribution in [1.82, 2.24) is 0 Å². The summed E-state index contributed by atoms with van der Waals surface area (Å²) < 4.78 is 5.71. The smallest absolute Gasteiger partial charge is 0.137 e. The highest BCUT2D eigenvalue weighted by Gasteiger charge is 2.04. The molecule has 0 amide bonds. The Morgan fingerprint density at radius 2 is 1.70 bits per heavy atom. The maximum Gasteiger partial charge on any atom is 0.137 e. The summed E-state index contributed by atoms with van der Waals surface area (Å²) in [6, 6.07) is 17.0. The van der Waals surface area contributed by atoms with Crippen molar-refractivity contribution in [2.45, 2.75) is 6.61 Å². The van der Waals surface area contributed by atoms with Crippen LogP contribution in [0.2, 0.25) is 0 Å². The predicted molar refractivity (Wildman–Crippen MR) is 77.9 cm³/mol. The van der Waals surface area contributed by atoms with Crippen molar-refractivity contribution in [3.05, 3.63) is 65.2 Å². The van der Waals surface area contributed by atoms with E-state index in [4.69, 9.17) is 15.7 Å². The zero-order valence-corrected chi connectivity index (χ0v) is 11.0. The first-order chi connectivity index (χ1) is 9.85. The molecule has 98 valence electrons. The van der Waals surface area contributed by atoms with Crippen molar-refractivity contribution >= 4 is 0 Å². The molecule has 0 aliphatic rings. The van der Waals surface area contributed by atoms with Gasteiger partial charge < -0.3 is 10.5 Å². The van der Waals surface area contributed by atoms with E-state index in [1.54, 1.807) is 12.1 Å². The minimum atomic E-state index is 0.326. The Morgan fingerprint density at radius 1 is 1.00 bits per heavy atom. The number of hydrogen-bond acceptors (Lipinski definition) is 3. The number of nitrogens with two attached hydrogens (primary N) is 1. The second-order valence-corrected chi connectivity index (χ2v) is 4.06. The third-order valence-electron chi connectivity index (χ3n) is 2.73. The number of para-hydroxylation sites is 1. The second kappa shape index (κ2) is 6.99. The normalized spacial score (nSPS) is 9.20. The molecule has 2 aromatic rings. The van der Waals surface area contributed by atoms with Crippen LogP contribution in [-0.4, -0.2) is 6.54 Å². The maximum absolute atomic E-state index is 9.02. The van der Waals surface area contributed by atoms with Crippen LogP contribution in [0.3, 0.4) is 0 Å². The number of ether oxygens (including phenoxy) is 1. The molecule has 0 fully saturated rings. The summed E-state index contributed by atoms with van der Waals surface area (Å²) >= 11 is 0. The fraction of sp³-hybridized carbons (Fsp3) is 0.118. The topological polar surface area (TPSA) is 59.0 Å². The lowest BCUT2D eigenvalue weighted by Crippen LogP contribution is -2.00. The molecule has 0 spiro atoms. The fourth-order valence-corrected chi connectivity index (χ4v) is 1.75. The van der Waals surface area contributed by atoms with E-state index < -0.39 is 0 Å². The van der Waals surface area contributed by atoms with Gasteiger partial charge in [-0.2, -0.15) is 5.26 Å². The number of rotatable bonds is 3. The van der Waals surface area contributed by atoms with Crippen molar-refractivity contribution in [1.29, 1.82) is 5.26 Å². The van der Waals surface area contributed by atoms with Gasteiger partial charge in [-0.15, -0.1) is 0 Å². The summed E-state index contributed by atoms with van der Waals surface area (Å²) in [4.78, 5) is 0. The lowest BCUT2D eigenvalue weighted by Gasteiger charge is -2.09. The second-order valence-electron chi connectivity index (χ2n) is 4.06. The van der Waals surface area contributed by atoms with E-state index in [1.165, 1.54) is 0 Å². The van der Waals surface area contributed by atoms with Gasteiger partial charge in [0.2, 0.25) is 0 Å². The van der Waals surface area contributed by atoms with Gasteiger partial charge >= 0.3 is 0 Å². The molecule has 0 aliphatic heterocycles. The minimum absolute atomic E-state index is 0.326. The zero-order chi connectivity index (χ0) is 14.2. The molecule has 0 bridgehead atoms. The molecule has 2 N–H and O–H groups in total. The van der Waals surface area contributed by atoms with Gasteiger partial charge in [0.25, 0.3) is 0 Å². The molecule has 0 atom stereocenters. The summed E-state index contributed by atoms with van der Waals surface area (Å²) in [5, 5.41) is 9.02. The van der Waals surface area contributed by atoms with Gasteiger partial charge in [0, 0.05) is 11.1 Å². The van der Waals surface area contributed by atoms with Gasteiger partial charge in [-0.3, -0.25) is 0 Å². The number of nitriles is 1. The van der Waals surface area contributed by atoms with Crippen molar-refractivity contribution < 1.29 is 4.74 Å². The Hall–Kier alpha value is -2.75. The van der Waals surface area contributed by atoms with Gasteiger partial charge in [-0.1, -0.05) is 42.2 Å². The highest BCUT2D eigenvalue weighted by Crippen LogP contribution is 2.19. The summed E-state index contributed by atoms with van der Waals surface area (Å²) in [7, 11) is 0. The van der Waals surface area contributed by atoms with E-state index in [1.807, 2.05) is 36.4 Å². The molecule has 20 heavy (non-hydrogen) atoms. The molecular formula is C17H14N2O. The molecule has 0 heterocycles. The summed E-state index contributed by atoms with van der Waals surface area (Å²) in [6.07, 6.45) is 0. The van der Waals surface area contributed by atoms with E-state index in [9.17, 15) is 0 Å². The maximum atomic E-state index is 9.02. The molecule has 2 rings (SSSR count). The Bertz CT molecular complexity index is 690. The average Bonchev–Trinajstić information content (AvgIpc) is 2.52. The first-order valence-corrected chi connectivity index (χ1v) is 6.24. The van der Waals surface area contributed by atoms with Crippen LogP contribution >= 0.6 is 0 Å². The Kier molecular flexibility index (Phi) is 4.78. The van der Waals surface area contributed by atoms with Gasteiger partial charge in [-0.05, 0) is 18.2 Å². The van der Waals surface area contributed by atoms with Gasteiger partial charge in [-0.25, -0.2) is 0 Å². The van der Waals surface area contributed by atoms with Crippen LogP contribution in [0, 0.1) is 23.2 Å². The average molecular weight is 262 g/mol. The summed E-state index contributed by atoms with van der Waals surface area (Å²) in [5.41, 5.74) is 7.78. The molecule has 0 unspecified atom stereocenters. The SMILES string of the molecule is N#Cc1ccccc1OCc1ccccc1C#CCN. The Morgan fingerprint density at radius 3 is 2.45 bits per heavy atom. The van der Waals surface area contributed by atoms with Crippen LogP contribution in [0.4, 0.5) is 0 Å². The summed E-state index contributed by atoms with van der Waals surface area (Å²) in [5.74, 6) is 6.43. The summed E-state index contributed by atoms with van der Waals surface area (Å²) in [6.45, 7) is 0.695. The van der Waals surface area contributed by atoms with Gasteiger partial charge in [0.1, 0.15) is 18.4 Å². The lowest BCUT2D eigenvalue weighted by atomic mass is 10.1. The molecular weight excluding hydrogens is 248 g/mol. The van der Waals surface area contributed by atoms with Crippen molar-refractivity contribution in [3.63, 3.8) is 0 Å². The van der Waals surface area contributed by atoms with E-state index in [-0.39, 0.29) is 0 Å². The van der Waals surface area contributed by atoms with Crippen LogP contribution in [-0.2, 0) is 6.61 Å². The number of nitrogens with zero attached hydrogens (tertiary/aromatic N) is 1. The quantitative estimate of drug-likeness (QED) is 0.864. The van der Waals surface area contributed by atoms with Crippen LogP contribution in [0.1, 0.15) is 16.7 Å².